The summed E-state index contributed by atoms with van der Waals surface area (Å²) in [5.74, 6) is -0.791. The fraction of sp³-hybridized carbons (Fsp3) is 0. The first kappa shape index (κ1) is 11.9. The Morgan fingerprint density at radius 3 is 2.53 bits per heavy atom. The molecule has 2 amide bonds. The van der Waals surface area contributed by atoms with Gasteiger partial charge in [0.1, 0.15) is 6.26 Å². The molecule has 0 aromatic carbocycles. The lowest BCUT2D eigenvalue weighted by Gasteiger charge is -2.03. The van der Waals surface area contributed by atoms with E-state index >= 15 is 0 Å². The molecular formula is C10H7BrN2O3S. The van der Waals surface area contributed by atoms with Crippen molar-refractivity contribution in [1.82, 2.24) is 10.9 Å². The number of rotatable bonds is 2. The highest BCUT2D eigenvalue weighted by Gasteiger charge is 2.11. The molecule has 2 heterocycles. The number of hydrogen-bond acceptors (Lipinski definition) is 4. The van der Waals surface area contributed by atoms with Crippen LogP contribution in [-0.2, 0) is 0 Å². The summed E-state index contributed by atoms with van der Waals surface area (Å²) in [6.07, 6.45) is 2.68. The summed E-state index contributed by atoms with van der Waals surface area (Å²) >= 11 is 4.53. The van der Waals surface area contributed by atoms with E-state index in [9.17, 15) is 9.59 Å². The maximum Gasteiger partial charge on any atom is 0.279 e. The zero-order valence-corrected chi connectivity index (χ0v) is 10.8. The summed E-state index contributed by atoms with van der Waals surface area (Å²) in [4.78, 5) is 23.5. The van der Waals surface area contributed by atoms with Crippen molar-refractivity contribution >= 4 is 39.1 Å². The van der Waals surface area contributed by atoms with Crippen LogP contribution in [0, 0.1) is 0 Å². The number of halogens is 1. The Balaban J connectivity index is 1.91. The minimum Gasteiger partial charge on any atom is -0.472 e. The van der Waals surface area contributed by atoms with E-state index in [0.29, 0.717) is 10.4 Å². The number of carbonyl (C=O) groups excluding carboxylic acids is 2. The second kappa shape index (κ2) is 5.15. The Bertz CT molecular complexity index is 536. The number of carbonyl (C=O) groups is 2. The van der Waals surface area contributed by atoms with Gasteiger partial charge in [-0.3, -0.25) is 20.4 Å². The topological polar surface area (TPSA) is 71.3 Å². The highest BCUT2D eigenvalue weighted by atomic mass is 79.9. The van der Waals surface area contributed by atoms with Crippen molar-refractivity contribution in [2.75, 3.05) is 0 Å². The van der Waals surface area contributed by atoms with Crippen molar-refractivity contribution in [3.8, 4) is 0 Å². The standard InChI is InChI=1S/C10H7BrN2O3S/c11-8-2-1-7(17-8)10(15)13-12-9(14)6-3-4-16-5-6/h1-5H,(H,12,14)(H,13,15). The third kappa shape index (κ3) is 2.95. The van der Waals surface area contributed by atoms with Gasteiger partial charge in [0.05, 0.1) is 20.5 Å². The molecule has 5 nitrogen and oxygen atoms in total. The average molecular weight is 315 g/mol. The van der Waals surface area contributed by atoms with Gasteiger partial charge in [0, 0.05) is 0 Å². The molecule has 0 saturated carbocycles. The minimum absolute atomic E-state index is 0.345. The minimum atomic E-state index is -0.428. The van der Waals surface area contributed by atoms with Crippen LogP contribution in [0.25, 0.3) is 0 Å². The van der Waals surface area contributed by atoms with Gasteiger partial charge in [0.25, 0.3) is 11.8 Å². The zero-order chi connectivity index (χ0) is 12.3. The summed E-state index contributed by atoms with van der Waals surface area (Å²) in [5.41, 5.74) is 4.94. The third-order valence-electron chi connectivity index (χ3n) is 1.87. The molecule has 0 aliphatic carbocycles. The second-order valence-corrected chi connectivity index (χ2v) is 5.49. The van der Waals surface area contributed by atoms with Crippen molar-refractivity contribution in [2.24, 2.45) is 0 Å². The van der Waals surface area contributed by atoms with Gasteiger partial charge in [-0.2, -0.15) is 0 Å². The predicted molar refractivity (Wildman–Crippen MR) is 65.7 cm³/mol. The van der Waals surface area contributed by atoms with Gasteiger partial charge >= 0.3 is 0 Å². The lowest BCUT2D eigenvalue weighted by molar-refractivity contribution is 0.0848. The molecule has 2 aromatic heterocycles. The maximum atomic E-state index is 11.6. The van der Waals surface area contributed by atoms with E-state index in [4.69, 9.17) is 4.42 Å². The van der Waals surface area contributed by atoms with Gasteiger partial charge in [-0.05, 0) is 34.1 Å². The molecule has 0 aliphatic rings. The van der Waals surface area contributed by atoms with Gasteiger partial charge < -0.3 is 4.42 Å². The van der Waals surface area contributed by atoms with Crippen LogP contribution < -0.4 is 10.9 Å². The molecule has 0 fully saturated rings. The van der Waals surface area contributed by atoms with E-state index in [1.54, 1.807) is 12.1 Å². The summed E-state index contributed by atoms with van der Waals surface area (Å²) < 4.78 is 5.60. The van der Waals surface area contributed by atoms with Crippen LogP contribution >= 0.6 is 27.3 Å². The molecule has 2 rings (SSSR count). The molecular weight excluding hydrogens is 308 g/mol. The Kier molecular flexibility index (Phi) is 3.60. The monoisotopic (exact) mass is 314 g/mol. The molecule has 2 N–H and O–H groups in total. The number of hydrogen-bond donors (Lipinski definition) is 2. The number of hydrazine groups is 1. The predicted octanol–water partition coefficient (Wildman–Crippen LogP) is 2.18. The highest BCUT2D eigenvalue weighted by Crippen LogP contribution is 2.21. The summed E-state index contributed by atoms with van der Waals surface area (Å²) in [6, 6.07) is 4.93. The Morgan fingerprint density at radius 2 is 1.94 bits per heavy atom. The van der Waals surface area contributed by atoms with Gasteiger partial charge in [-0.25, -0.2) is 0 Å². The van der Waals surface area contributed by atoms with Crippen molar-refractivity contribution in [3.05, 3.63) is 45.0 Å². The molecule has 0 atom stereocenters. The van der Waals surface area contributed by atoms with Crippen molar-refractivity contribution < 1.29 is 14.0 Å². The van der Waals surface area contributed by atoms with Crippen molar-refractivity contribution in [2.45, 2.75) is 0 Å². The maximum absolute atomic E-state index is 11.6. The van der Waals surface area contributed by atoms with E-state index in [-0.39, 0.29) is 5.91 Å². The first-order valence-electron chi connectivity index (χ1n) is 4.55. The largest absolute Gasteiger partial charge is 0.472 e. The molecule has 0 aliphatic heterocycles. The molecule has 0 bridgehead atoms. The molecule has 88 valence electrons. The normalized spacial score (nSPS) is 9.94. The van der Waals surface area contributed by atoms with Gasteiger partial charge in [0.2, 0.25) is 0 Å². The quantitative estimate of drug-likeness (QED) is 0.835. The van der Waals surface area contributed by atoms with Crippen LogP contribution in [0.5, 0.6) is 0 Å². The Labute approximate surface area is 109 Å². The van der Waals surface area contributed by atoms with Gasteiger partial charge in [-0.15, -0.1) is 11.3 Å². The molecule has 7 heteroatoms. The number of thiophene rings is 1. The first-order valence-corrected chi connectivity index (χ1v) is 6.16. The SMILES string of the molecule is O=C(NNC(=O)c1ccc(Br)s1)c1ccoc1. The van der Waals surface area contributed by atoms with E-state index in [1.165, 1.54) is 29.9 Å². The van der Waals surface area contributed by atoms with Crippen LogP contribution in [0.4, 0.5) is 0 Å². The van der Waals surface area contributed by atoms with E-state index in [0.717, 1.165) is 3.79 Å². The van der Waals surface area contributed by atoms with Crippen LogP contribution in [0.15, 0.2) is 38.9 Å². The number of nitrogens with one attached hydrogen (secondary N) is 2. The molecule has 0 saturated heterocycles. The zero-order valence-electron chi connectivity index (χ0n) is 8.40. The van der Waals surface area contributed by atoms with E-state index in [1.807, 2.05) is 0 Å². The lowest BCUT2D eigenvalue weighted by Crippen LogP contribution is -2.41. The highest BCUT2D eigenvalue weighted by molar-refractivity contribution is 9.11. The molecule has 0 radical (unpaired) electrons. The first-order chi connectivity index (χ1) is 8.16. The molecule has 0 spiro atoms. The fourth-order valence-electron chi connectivity index (χ4n) is 1.08. The second-order valence-electron chi connectivity index (χ2n) is 3.02. The van der Waals surface area contributed by atoms with Gasteiger partial charge in [-0.1, -0.05) is 0 Å². The number of amides is 2. The smallest absolute Gasteiger partial charge is 0.279 e. The van der Waals surface area contributed by atoms with Gasteiger partial charge in [0.15, 0.2) is 0 Å². The van der Waals surface area contributed by atoms with Crippen LogP contribution in [0.3, 0.4) is 0 Å². The van der Waals surface area contributed by atoms with Crippen molar-refractivity contribution in [1.29, 1.82) is 0 Å². The lowest BCUT2D eigenvalue weighted by atomic mass is 10.3. The Hall–Kier alpha value is -1.60. The fourth-order valence-corrected chi connectivity index (χ4v) is 2.36. The van der Waals surface area contributed by atoms with E-state index < -0.39 is 5.91 Å². The summed E-state index contributed by atoms with van der Waals surface area (Å²) in [7, 11) is 0. The van der Waals surface area contributed by atoms with Crippen LogP contribution in [0.2, 0.25) is 0 Å². The van der Waals surface area contributed by atoms with E-state index in [2.05, 4.69) is 26.8 Å². The van der Waals surface area contributed by atoms with Crippen LogP contribution in [-0.4, -0.2) is 11.8 Å². The van der Waals surface area contributed by atoms with Crippen LogP contribution in [0.1, 0.15) is 20.0 Å². The summed E-state index contributed by atoms with van der Waals surface area (Å²) in [5, 5.41) is 0. The van der Waals surface area contributed by atoms with Crippen molar-refractivity contribution in [3.63, 3.8) is 0 Å². The number of furan rings is 1. The average Bonchev–Trinajstić information content (AvgIpc) is 2.95. The third-order valence-corrected chi connectivity index (χ3v) is 3.49. The molecule has 2 aromatic rings. The molecule has 0 unspecified atom stereocenters. The summed E-state index contributed by atoms with van der Waals surface area (Å²) in [6.45, 7) is 0. The molecule has 17 heavy (non-hydrogen) atoms. The Morgan fingerprint density at radius 1 is 1.18 bits per heavy atom.